The normalized spacial score (nSPS) is 14.2. The molecule has 0 aromatic carbocycles. The molecule has 0 rings (SSSR count). The van der Waals surface area contributed by atoms with Gasteiger partial charge in [-0.05, 0) is 12.3 Å². The van der Waals surface area contributed by atoms with E-state index in [4.69, 9.17) is 10.5 Å². The Morgan fingerprint density at radius 3 is 2.85 bits per heavy atom. The molecule has 0 heterocycles. The molecule has 13 heavy (non-hydrogen) atoms. The van der Waals surface area contributed by atoms with Gasteiger partial charge in [-0.2, -0.15) is 0 Å². The second-order valence-electron chi connectivity index (χ2n) is 3.21. The zero-order valence-electron chi connectivity index (χ0n) is 8.84. The lowest BCUT2D eigenvalue weighted by molar-refractivity contribution is 0.163. The molecule has 0 aliphatic heterocycles. The highest BCUT2D eigenvalue weighted by Gasteiger charge is 1.99. The van der Waals surface area contributed by atoms with E-state index in [0.29, 0.717) is 11.9 Å². The van der Waals surface area contributed by atoms with Crippen molar-refractivity contribution < 1.29 is 4.74 Å². The molecule has 4 nitrogen and oxygen atoms in total. The molecule has 0 amide bonds. The molecular weight excluding hydrogens is 166 g/mol. The van der Waals surface area contributed by atoms with E-state index in [1.54, 1.807) is 7.11 Å². The summed E-state index contributed by atoms with van der Waals surface area (Å²) in [5, 5.41) is 3.02. The van der Waals surface area contributed by atoms with Gasteiger partial charge in [0.2, 0.25) is 0 Å². The topological polar surface area (TPSA) is 59.6 Å². The van der Waals surface area contributed by atoms with Crippen molar-refractivity contribution in [3.05, 3.63) is 0 Å². The first-order valence-electron chi connectivity index (χ1n) is 4.73. The Bertz CT molecular complexity index is 148. The lowest BCUT2D eigenvalue weighted by Gasteiger charge is -2.08. The van der Waals surface area contributed by atoms with E-state index in [0.717, 1.165) is 26.1 Å². The van der Waals surface area contributed by atoms with Crippen molar-refractivity contribution in [1.82, 2.24) is 5.32 Å². The highest BCUT2D eigenvalue weighted by atomic mass is 16.5. The molecule has 0 radical (unpaired) electrons. The van der Waals surface area contributed by atoms with Crippen LogP contribution >= 0.6 is 0 Å². The molecule has 0 bridgehead atoms. The van der Waals surface area contributed by atoms with Gasteiger partial charge in [0, 0.05) is 20.2 Å². The monoisotopic (exact) mass is 187 g/mol. The lowest BCUT2D eigenvalue weighted by atomic mass is 10.2. The smallest absolute Gasteiger partial charge is 0.188 e. The van der Waals surface area contributed by atoms with Crippen LogP contribution < -0.4 is 11.1 Å². The van der Waals surface area contributed by atoms with Crippen LogP contribution in [0.1, 0.15) is 20.3 Å². The average molecular weight is 187 g/mol. The summed E-state index contributed by atoms with van der Waals surface area (Å²) < 4.78 is 4.99. The third-order valence-electron chi connectivity index (χ3n) is 1.58. The number of nitrogens with one attached hydrogen (secondary N) is 1. The van der Waals surface area contributed by atoms with E-state index in [1.165, 1.54) is 0 Å². The van der Waals surface area contributed by atoms with Crippen LogP contribution in [-0.2, 0) is 4.74 Å². The molecule has 0 aromatic rings. The van der Waals surface area contributed by atoms with Crippen molar-refractivity contribution in [2.45, 2.75) is 20.3 Å². The molecule has 1 atom stereocenters. The summed E-state index contributed by atoms with van der Waals surface area (Å²) in [6.45, 7) is 6.50. The Labute approximate surface area is 80.6 Å². The van der Waals surface area contributed by atoms with Crippen molar-refractivity contribution in [3.63, 3.8) is 0 Å². The summed E-state index contributed by atoms with van der Waals surface area (Å²) in [5.41, 5.74) is 5.60. The van der Waals surface area contributed by atoms with E-state index in [2.05, 4.69) is 24.2 Å². The maximum Gasteiger partial charge on any atom is 0.188 e. The third-order valence-corrected chi connectivity index (χ3v) is 1.58. The molecule has 0 saturated heterocycles. The molecule has 4 heteroatoms. The van der Waals surface area contributed by atoms with Crippen LogP contribution in [0.25, 0.3) is 0 Å². The minimum Gasteiger partial charge on any atom is -0.384 e. The first-order chi connectivity index (χ1) is 6.20. The van der Waals surface area contributed by atoms with E-state index in [-0.39, 0.29) is 0 Å². The maximum atomic E-state index is 5.60. The van der Waals surface area contributed by atoms with Gasteiger partial charge in [-0.25, -0.2) is 0 Å². The van der Waals surface area contributed by atoms with Crippen LogP contribution in [0.5, 0.6) is 0 Å². The Morgan fingerprint density at radius 1 is 1.62 bits per heavy atom. The number of aliphatic imine (C=N–C) groups is 1. The number of methoxy groups -OCH3 is 1. The first kappa shape index (κ1) is 12.2. The fraction of sp³-hybridized carbons (Fsp3) is 0.889. The Hall–Kier alpha value is -0.770. The van der Waals surface area contributed by atoms with Crippen LogP contribution in [0.4, 0.5) is 0 Å². The number of ether oxygens (including phenoxy) is 1. The molecule has 78 valence electrons. The molecule has 0 aliphatic rings. The summed E-state index contributed by atoms with van der Waals surface area (Å²) in [6, 6.07) is 0. The van der Waals surface area contributed by atoms with E-state index >= 15 is 0 Å². The van der Waals surface area contributed by atoms with Crippen molar-refractivity contribution in [2.75, 3.05) is 26.8 Å². The lowest BCUT2D eigenvalue weighted by Crippen LogP contribution is -2.32. The SMILES string of the molecule is CCCNC(N)=NCC(C)COC. The van der Waals surface area contributed by atoms with E-state index < -0.39 is 0 Å². The van der Waals surface area contributed by atoms with Crippen molar-refractivity contribution >= 4 is 5.96 Å². The summed E-state index contributed by atoms with van der Waals surface area (Å²) in [5.74, 6) is 0.955. The maximum absolute atomic E-state index is 5.60. The minimum absolute atomic E-state index is 0.423. The van der Waals surface area contributed by atoms with Crippen molar-refractivity contribution in [3.8, 4) is 0 Å². The number of rotatable bonds is 6. The molecule has 3 N–H and O–H groups in total. The Kier molecular flexibility index (Phi) is 7.39. The second kappa shape index (κ2) is 7.86. The molecule has 0 spiro atoms. The Morgan fingerprint density at radius 2 is 2.31 bits per heavy atom. The average Bonchev–Trinajstić information content (AvgIpc) is 2.12. The number of guanidine groups is 1. The van der Waals surface area contributed by atoms with Crippen molar-refractivity contribution in [2.24, 2.45) is 16.6 Å². The number of hydrogen-bond donors (Lipinski definition) is 2. The number of nitrogens with two attached hydrogens (primary N) is 1. The number of nitrogens with zero attached hydrogens (tertiary/aromatic N) is 1. The second-order valence-corrected chi connectivity index (χ2v) is 3.21. The largest absolute Gasteiger partial charge is 0.384 e. The van der Waals surface area contributed by atoms with Gasteiger partial charge in [-0.15, -0.1) is 0 Å². The van der Waals surface area contributed by atoms with Gasteiger partial charge in [0.25, 0.3) is 0 Å². The van der Waals surface area contributed by atoms with Crippen LogP contribution in [0.2, 0.25) is 0 Å². The van der Waals surface area contributed by atoms with Gasteiger partial charge in [-0.3, -0.25) is 4.99 Å². The highest BCUT2D eigenvalue weighted by Crippen LogP contribution is 1.94. The van der Waals surface area contributed by atoms with Gasteiger partial charge in [-0.1, -0.05) is 13.8 Å². The van der Waals surface area contributed by atoms with Gasteiger partial charge in [0.15, 0.2) is 5.96 Å². The van der Waals surface area contributed by atoms with Crippen molar-refractivity contribution in [1.29, 1.82) is 0 Å². The molecular formula is C9H21N3O. The minimum atomic E-state index is 0.423. The van der Waals surface area contributed by atoms with Crippen LogP contribution in [0, 0.1) is 5.92 Å². The zero-order chi connectivity index (χ0) is 10.1. The van der Waals surface area contributed by atoms with E-state index in [9.17, 15) is 0 Å². The van der Waals surface area contributed by atoms with Gasteiger partial charge < -0.3 is 15.8 Å². The van der Waals surface area contributed by atoms with Crippen LogP contribution in [-0.4, -0.2) is 32.8 Å². The highest BCUT2D eigenvalue weighted by molar-refractivity contribution is 5.77. The zero-order valence-corrected chi connectivity index (χ0v) is 8.84. The summed E-state index contributed by atoms with van der Waals surface area (Å²) in [7, 11) is 1.69. The Balaban J connectivity index is 3.56. The first-order valence-corrected chi connectivity index (χ1v) is 4.73. The number of hydrogen-bond acceptors (Lipinski definition) is 2. The van der Waals surface area contributed by atoms with Crippen LogP contribution in [0.15, 0.2) is 4.99 Å². The van der Waals surface area contributed by atoms with Gasteiger partial charge >= 0.3 is 0 Å². The molecule has 0 saturated carbocycles. The predicted octanol–water partition coefficient (Wildman–Crippen LogP) is 0.583. The summed E-state index contributed by atoms with van der Waals surface area (Å²) >= 11 is 0. The predicted molar refractivity (Wildman–Crippen MR) is 55.8 cm³/mol. The van der Waals surface area contributed by atoms with E-state index in [1.807, 2.05) is 0 Å². The van der Waals surface area contributed by atoms with Gasteiger partial charge in [0.05, 0.1) is 6.61 Å². The summed E-state index contributed by atoms with van der Waals surface area (Å²) in [6.07, 6.45) is 1.06. The molecule has 0 aromatic heterocycles. The summed E-state index contributed by atoms with van der Waals surface area (Å²) in [4.78, 5) is 4.18. The quantitative estimate of drug-likeness (QED) is 0.472. The fourth-order valence-electron chi connectivity index (χ4n) is 0.900. The van der Waals surface area contributed by atoms with Crippen LogP contribution in [0.3, 0.4) is 0 Å². The molecule has 1 unspecified atom stereocenters. The standard InChI is InChI=1S/C9H21N3O/c1-4-5-11-9(10)12-6-8(2)7-13-3/h8H,4-7H2,1-3H3,(H3,10,11,12). The van der Waals surface area contributed by atoms with Gasteiger partial charge in [0.1, 0.15) is 0 Å². The molecule has 0 fully saturated rings. The fourth-order valence-corrected chi connectivity index (χ4v) is 0.900. The molecule has 0 aliphatic carbocycles. The third kappa shape index (κ3) is 7.59.